The van der Waals surface area contributed by atoms with E-state index in [4.69, 9.17) is 9.47 Å². The van der Waals surface area contributed by atoms with Gasteiger partial charge in [0, 0.05) is 6.54 Å². The number of aryl methyl sites for hydroxylation is 1. The second kappa shape index (κ2) is 8.56. The first-order valence-corrected chi connectivity index (χ1v) is 8.89. The maximum absolute atomic E-state index is 12.0. The van der Waals surface area contributed by atoms with Gasteiger partial charge in [0.2, 0.25) is 0 Å². The van der Waals surface area contributed by atoms with Crippen LogP contribution in [-0.4, -0.2) is 26.2 Å². The Morgan fingerprint density at radius 1 is 1.08 bits per heavy atom. The van der Waals surface area contributed by atoms with Crippen molar-refractivity contribution in [1.29, 1.82) is 0 Å². The van der Waals surface area contributed by atoms with Crippen molar-refractivity contribution >= 4 is 5.91 Å². The number of methoxy groups -OCH3 is 1. The molecular weight excluding hydrogens is 314 g/mol. The lowest BCUT2D eigenvalue weighted by Gasteiger charge is -2.19. The van der Waals surface area contributed by atoms with Gasteiger partial charge in [0.1, 0.15) is 11.5 Å². The van der Waals surface area contributed by atoms with Crippen molar-refractivity contribution in [2.45, 2.75) is 32.1 Å². The summed E-state index contributed by atoms with van der Waals surface area (Å²) < 4.78 is 10.9. The molecule has 0 aliphatic heterocycles. The molecule has 0 saturated carbocycles. The molecule has 2 aromatic carbocycles. The Labute approximate surface area is 149 Å². The van der Waals surface area contributed by atoms with Gasteiger partial charge in [-0.15, -0.1) is 0 Å². The van der Waals surface area contributed by atoms with E-state index in [1.54, 1.807) is 7.11 Å². The molecule has 3 rings (SSSR count). The molecule has 0 fully saturated rings. The van der Waals surface area contributed by atoms with Gasteiger partial charge in [-0.3, -0.25) is 4.79 Å². The first kappa shape index (κ1) is 17.3. The van der Waals surface area contributed by atoms with E-state index in [1.807, 2.05) is 36.4 Å². The Hall–Kier alpha value is -2.49. The van der Waals surface area contributed by atoms with Gasteiger partial charge in [0.25, 0.3) is 5.91 Å². The number of fused-ring (bicyclic) bond motifs is 1. The molecule has 0 unspecified atom stereocenters. The second-order valence-corrected chi connectivity index (χ2v) is 6.34. The van der Waals surface area contributed by atoms with Crippen LogP contribution in [0.4, 0.5) is 0 Å². The zero-order valence-corrected chi connectivity index (χ0v) is 14.7. The van der Waals surface area contributed by atoms with Crippen molar-refractivity contribution in [1.82, 2.24) is 5.32 Å². The van der Waals surface area contributed by atoms with Gasteiger partial charge < -0.3 is 14.8 Å². The predicted octanol–water partition coefficient (Wildman–Crippen LogP) is 3.31. The van der Waals surface area contributed by atoms with Gasteiger partial charge in [-0.25, -0.2) is 0 Å². The van der Waals surface area contributed by atoms with Gasteiger partial charge in [-0.05, 0) is 67.0 Å². The Morgan fingerprint density at radius 3 is 2.68 bits per heavy atom. The Kier molecular flexibility index (Phi) is 5.94. The number of hydrogen-bond acceptors (Lipinski definition) is 3. The summed E-state index contributed by atoms with van der Waals surface area (Å²) in [6.07, 6.45) is 5.38. The Balaban J connectivity index is 1.44. The summed E-state index contributed by atoms with van der Waals surface area (Å²) in [7, 11) is 1.65. The van der Waals surface area contributed by atoms with Crippen LogP contribution in [-0.2, 0) is 24.1 Å². The van der Waals surface area contributed by atoms with E-state index < -0.39 is 0 Å². The average molecular weight is 339 g/mol. The normalized spacial score (nSPS) is 13.0. The van der Waals surface area contributed by atoms with Crippen LogP contribution in [0.15, 0.2) is 42.5 Å². The van der Waals surface area contributed by atoms with E-state index in [0.29, 0.717) is 6.54 Å². The van der Waals surface area contributed by atoms with Crippen LogP contribution >= 0.6 is 0 Å². The fourth-order valence-corrected chi connectivity index (χ4v) is 3.21. The molecule has 0 radical (unpaired) electrons. The number of nitrogens with one attached hydrogen (secondary N) is 1. The highest BCUT2D eigenvalue weighted by Crippen LogP contribution is 2.29. The molecule has 0 aromatic heterocycles. The third-order valence-electron chi connectivity index (χ3n) is 4.61. The van der Waals surface area contributed by atoms with E-state index in [-0.39, 0.29) is 12.5 Å². The summed E-state index contributed by atoms with van der Waals surface area (Å²) in [6, 6.07) is 14.0. The Bertz CT molecular complexity index is 710. The van der Waals surface area contributed by atoms with Crippen molar-refractivity contribution < 1.29 is 14.3 Å². The molecule has 0 spiro atoms. The maximum Gasteiger partial charge on any atom is 0.257 e. The number of rotatable bonds is 7. The maximum atomic E-state index is 12.0. The van der Waals surface area contributed by atoms with Crippen LogP contribution in [0.2, 0.25) is 0 Å². The lowest BCUT2D eigenvalue weighted by atomic mass is 9.91. The molecular formula is C21H25NO3. The standard InChI is InChI=1S/C21H25NO3/c1-24-18-11-9-16(10-12-18)13-14-22-21(23)15-25-20-8-4-6-17-5-2-3-7-19(17)20/h4,6,8-12H,2-3,5,7,13-15H2,1H3,(H,22,23). The molecule has 0 bridgehead atoms. The minimum absolute atomic E-state index is 0.0685. The lowest BCUT2D eigenvalue weighted by Crippen LogP contribution is -2.30. The van der Waals surface area contributed by atoms with E-state index in [2.05, 4.69) is 11.4 Å². The zero-order valence-electron chi connectivity index (χ0n) is 14.7. The average Bonchev–Trinajstić information content (AvgIpc) is 2.67. The van der Waals surface area contributed by atoms with Crippen LogP contribution in [0.5, 0.6) is 11.5 Å². The summed E-state index contributed by atoms with van der Waals surface area (Å²) in [5.74, 6) is 1.62. The second-order valence-electron chi connectivity index (χ2n) is 6.34. The fourth-order valence-electron chi connectivity index (χ4n) is 3.21. The highest BCUT2D eigenvalue weighted by Gasteiger charge is 2.14. The number of benzene rings is 2. The summed E-state index contributed by atoms with van der Waals surface area (Å²) in [5.41, 5.74) is 3.81. The van der Waals surface area contributed by atoms with E-state index in [1.165, 1.54) is 29.5 Å². The summed E-state index contributed by atoms with van der Waals surface area (Å²) in [5, 5.41) is 2.91. The molecule has 0 saturated heterocycles. The van der Waals surface area contributed by atoms with E-state index in [9.17, 15) is 4.79 Å². The molecule has 1 N–H and O–H groups in total. The van der Waals surface area contributed by atoms with Crippen LogP contribution in [0.3, 0.4) is 0 Å². The molecule has 2 aromatic rings. The molecule has 1 amide bonds. The predicted molar refractivity (Wildman–Crippen MR) is 98.3 cm³/mol. The van der Waals surface area contributed by atoms with E-state index in [0.717, 1.165) is 30.8 Å². The van der Waals surface area contributed by atoms with Crippen LogP contribution < -0.4 is 14.8 Å². The van der Waals surface area contributed by atoms with Crippen molar-refractivity contribution in [2.75, 3.05) is 20.3 Å². The number of carbonyl (C=O) groups excluding carboxylic acids is 1. The third kappa shape index (κ3) is 4.75. The van der Waals surface area contributed by atoms with Crippen molar-refractivity contribution in [3.63, 3.8) is 0 Å². The minimum atomic E-state index is -0.0816. The number of hydrogen-bond donors (Lipinski definition) is 1. The monoisotopic (exact) mass is 339 g/mol. The molecule has 4 heteroatoms. The minimum Gasteiger partial charge on any atom is -0.497 e. The van der Waals surface area contributed by atoms with Crippen molar-refractivity contribution in [3.8, 4) is 11.5 Å². The third-order valence-corrected chi connectivity index (χ3v) is 4.61. The van der Waals surface area contributed by atoms with Crippen LogP contribution in [0.1, 0.15) is 29.5 Å². The summed E-state index contributed by atoms with van der Waals surface area (Å²) >= 11 is 0. The van der Waals surface area contributed by atoms with Gasteiger partial charge in [0.15, 0.2) is 6.61 Å². The van der Waals surface area contributed by atoms with E-state index >= 15 is 0 Å². The molecule has 1 aliphatic carbocycles. The Morgan fingerprint density at radius 2 is 1.88 bits per heavy atom. The van der Waals surface area contributed by atoms with Crippen LogP contribution in [0.25, 0.3) is 0 Å². The molecule has 0 atom stereocenters. The fraction of sp³-hybridized carbons (Fsp3) is 0.381. The lowest BCUT2D eigenvalue weighted by molar-refractivity contribution is -0.123. The SMILES string of the molecule is COc1ccc(CCNC(=O)COc2cccc3c2CCCC3)cc1. The quantitative estimate of drug-likeness (QED) is 0.842. The zero-order chi connectivity index (χ0) is 17.5. The highest BCUT2D eigenvalue weighted by molar-refractivity contribution is 5.77. The molecule has 132 valence electrons. The molecule has 4 nitrogen and oxygen atoms in total. The largest absolute Gasteiger partial charge is 0.497 e. The van der Waals surface area contributed by atoms with Gasteiger partial charge in [0.05, 0.1) is 7.11 Å². The smallest absolute Gasteiger partial charge is 0.257 e. The number of ether oxygens (including phenoxy) is 2. The van der Waals surface area contributed by atoms with Gasteiger partial charge in [-0.1, -0.05) is 24.3 Å². The summed E-state index contributed by atoms with van der Waals surface area (Å²) in [6.45, 7) is 0.667. The highest BCUT2D eigenvalue weighted by atomic mass is 16.5. The molecule has 0 heterocycles. The topological polar surface area (TPSA) is 47.6 Å². The van der Waals surface area contributed by atoms with Gasteiger partial charge in [-0.2, -0.15) is 0 Å². The van der Waals surface area contributed by atoms with Crippen molar-refractivity contribution in [3.05, 3.63) is 59.2 Å². The molecule has 1 aliphatic rings. The van der Waals surface area contributed by atoms with Gasteiger partial charge >= 0.3 is 0 Å². The number of amides is 1. The first-order valence-electron chi connectivity index (χ1n) is 8.89. The van der Waals surface area contributed by atoms with Crippen molar-refractivity contribution in [2.24, 2.45) is 0 Å². The number of carbonyl (C=O) groups is 1. The first-order chi connectivity index (χ1) is 12.3. The van der Waals surface area contributed by atoms with Crippen LogP contribution in [0, 0.1) is 0 Å². The summed E-state index contributed by atoms with van der Waals surface area (Å²) in [4.78, 5) is 12.0. The molecule has 25 heavy (non-hydrogen) atoms.